The monoisotopic (exact) mass is 442 g/mol. The quantitative estimate of drug-likeness (QED) is 0.458. The Morgan fingerprint density at radius 3 is 2.28 bits per heavy atom. The van der Waals surface area contributed by atoms with Gasteiger partial charge in [-0.1, -0.05) is 44.2 Å². The molecule has 0 aliphatic carbocycles. The maximum absolute atomic E-state index is 14.0. The highest BCUT2D eigenvalue weighted by Crippen LogP contribution is 2.27. The van der Waals surface area contributed by atoms with E-state index in [1.165, 1.54) is 9.13 Å². The number of benzene rings is 2. The Kier molecular flexibility index (Phi) is 5.73. The molecule has 4 rings (SSSR count). The maximum atomic E-state index is 14.0. The fraction of sp³-hybridized carbons (Fsp3) is 0.261. The molecule has 2 heterocycles. The van der Waals surface area contributed by atoms with Gasteiger partial charge in [0.05, 0.1) is 6.54 Å². The summed E-state index contributed by atoms with van der Waals surface area (Å²) >= 11 is 0. The van der Waals surface area contributed by atoms with E-state index in [1.807, 2.05) is 44.2 Å². The predicted octanol–water partition coefficient (Wildman–Crippen LogP) is 4.07. The molecule has 0 saturated carbocycles. The molecule has 0 unspecified atom stereocenters. The normalized spacial score (nSPS) is 11.6. The number of aromatic amines is 1. The van der Waals surface area contributed by atoms with E-state index in [-0.39, 0.29) is 35.0 Å². The number of rotatable bonds is 6. The topological polar surface area (TPSA) is 72.7 Å². The van der Waals surface area contributed by atoms with E-state index >= 15 is 0 Å². The third-order valence-electron chi connectivity index (χ3n) is 5.24. The molecular formula is C23H21F3N4O2. The SMILES string of the molecule is CC(C)CCn1c(-c2cc(F)c(F)c(F)c2)nc2c1c(=O)[nH]c(=O)n2Cc1ccccc1. The fourth-order valence-electron chi connectivity index (χ4n) is 3.60. The van der Waals surface area contributed by atoms with Crippen molar-refractivity contribution in [2.24, 2.45) is 5.92 Å². The average molecular weight is 442 g/mol. The lowest BCUT2D eigenvalue weighted by molar-refractivity contribution is 0.447. The summed E-state index contributed by atoms with van der Waals surface area (Å²) in [7, 11) is 0. The van der Waals surface area contributed by atoms with Crippen LogP contribution in [0.2, 0.25) is 0 Å². The van der Waals surface area contributed by atoms with Crippen molar-refractivity contribution in [3.8, 4) is 11.4 Å². The molecule has 0 bridgehead atoms. The van der Waals surface area contributed by atoms with Crippen molar-refractivity contribution < 1.29 is 13.2 Å². The number of halogens is 3. The third kappa shape index (κ3) is 3.98. The first kappa shape index (κ1) is 21.6. The Hall–Kier alpha value is -3.62. The van der Waals surface area contributed by atoms with Gasteiger partial charge in [0.1, 0.15) is 5.82 Å². The zero-order chi connectivity index (χ0) is 23.0. The fourth-order valence-corrected chi connectivity index (χ4v) is 3.60. The van der Waals surface area contributed by atoms with Crippen molar-refractivity contribution in [2.75, 3.05) is 0 Å². The number of aryl methyl sites for hydroxylation is 1. The van der Waals surface area contributed by atoms with Gasteiger partial charge in [0.15, 0.2) is 28.6 Å². The second-order valence-electron chi connectivity index (χ2n) is 8.03. The number of nitrogens with one attached hydrogen (secondary N) is 1. The van der Waals surface area contributed by atoms with Crippen LogP contribution in [0.15, 0.2) is 52.1 Å². The van der Waals surface area contributed by atoms with Gasteiger partial charge in [-0.25, -0.2) is 22.9 Å². The van der Waals surface area contributed by atoms with Crippen LogP contribution in [0.4, 0.5) is 13.2 Å². The number of hydrogen-bond donors (Lipinski definition) is 1. The standard InChI is InChI=1S/C23H21F3N4O2/c1-13(2)8-9-29-19-21(27-20(29)15-10-16(24)18(26)17(25)11-15)30(23(32)28-22(19)31)12-14-6-4-3-5-7-14/h3-7,10-11,13H,8-9,12H2,1-2H3,(H,28,31,32). The molecule has 9 heteroatoms. The number of nitrogens with zero attached hydrogens (tertiary/aromatic N) is 3. The van der Waals surface area contributed by atoms with Gasteiger partial charge in [-0.05, 0) is 30.0 Å². The molecule has 0 radical (unpaired) electrons. The van der Waals surface area contributed by atoms with Gasteiger partial charge >= 0.3 is 5.69 Å². The molecule has 6 nitrogen and oxygen atoms in total. The highest BCUT2D eigenvalue weighted by molar-refractivity contribution is 5.77. The smallest absolute Gasteiger partial charge is 0.318 e. The molecule has 0 saturated heterocycles. The second kappa shape index (κ2) is 8.49. The second-order valence-corrected chi connectivity index (χ2v) is 8.03. The lowest BCUT2D eigenvalue weighted by Gasteiger charge is -2.11. The number of hydrogen-bond acceptors (Lipinski definition) is 3. The molecule has 0 fully saturated rings. The highest BCUT2D eigenvalue weighted by Gasteiger charge is 2.22. The van der Waals surface area contributed by atoms with Crippen LogP contribution in [-0.4, -0.2) is 19.1 Å². The zero-order valence-electron chi connectivity index (χ0n) is 17.5. The first-order chi connectivity index (χ1) is 15.3. The number of aromatic nitrogens is 4. The minimum atomic E-state index is -1.59. The molecule has 166 valence electrons. The van der Waals surface area contributed by atoms with E-state index in [2.05, 4.69) is 9.97 Å². The van der Waals surface area contributed by atoms with E-state index in [9.17, 15) is 22.8 Å². The Balaban J connectivity index is 2.00. The average Bonchev–Trinajstić information content (AvgIpc) is 3.14. The van der Waals surface area contributed by atoms with Crippen LogP contribution in [0.5, 0.6) is 0 Å². The Morgan fingerprint density at radius 1 is 1.00 bits per heavy atom. The summed E-state index contributed by atoms with van der Waals surface area (Å²) < 4.78 is 44.3. The summed E-state index contributed by atoms with van der Waals surface area (Å²) in [5.41, 5.74) is -0.324. The van der Waals surface area contributed by atoms with Crippen molar-refractivity contribution in [3.63, 3.8) is 0 Å². The molecule has 0 spiro atoms. The van der Waals surface area contributed by atoms with Crippen LogP contribution in [-0.2, 0) is 13.1 Å². The van der Waals surface area contributed by atoms with Crippen LogP contribution in [0, 0.1) is 23.4 Å². The molecule has 2 aromatic heterocycles. The lowest BCUT2D eigenvalue weighted by atomic mass is 10.1. The van der Waals surface area contributed by atoms with Crippen molar-refractivity contribution in [1.82, 2.24) is 19.1 Å². The third-order valence-corrected chi connectivity index (χ3v) is 5.24. The van der Waals surface area contributed by atoms with Crippen LogP contribution in [0.1, 0.15) is 25.8 Å². The van der Waals surface area contributed by atoms with Crippen molar-refractivity contribution in [3.05, 3.63) is 86.3 Å². The summed E-state index contributed by atoms with van der Waals surface area (Å²) in [5, 5.41) is 0. The van der Waals surface area contributed by atoms with Crippen molar-refractivity contribution in [2.45, 2.75) is 33.4 Å². The van der Waals surface area contributed by atoms with Crippen LogP contribution in [0.3, 0.4) is 0 Å². The van der Waals surface area contributed by atoms with Crippen LogP contribution >= 0.6 is 0 Å². The molecule has 0 aliphatic heterocycles. The Morgan fingerprint density at radius 2 is 1.66 bits per heavy atom. The molecule has 0 atom stereocenters. The highest BCUT2D eigenvalue weighted by atomic mass is 19.2. The molecule has 2 aromatic carbocycles. The largest absolute Gasteiger partial charge is 0.330 e. The molecule has 32 heavy (non-hydrogen) atoms. The van der Waals surface area contributed by atoms with E-state index in [0.717, 1.165) is 17.7 Å². The molecule has 0 aliphatic rings. The minimum absolute atomic E-state index is 0.0283. The maximum Gasteiger partial charge on any atom is 0.330 e. The summed E-state index contributed by atoms with van der Waals surface area (Å²) in [4.78, 5) is 32.1. The first-order valence-electron chi connectivity index (χ1n) is 10.2. The molecule has 0 amide bonds. The summed E-state index contributed by atoms with van der Waals surface area (Å²) in [6.07, 6.45) is 0.641. The van der Waals surface area contributed by atoms with E-state index in [1.54, 1.807) is 0 Å². The molecular weight excluding hydrogens is 421 g/mol. The van der Waals surface area contributed by atoms with Gasteiger partial charge in [0.2, 0.25) is 0 Å². The van der Waals surface area contributed by atoms with Crippen LogP contribution < -0.4 is 11.2 Å². The van der Waals surface area contributed by atoms with Gasteiger partial charge in [-0.3, -0.25) is 14.3 Å². The van der Waals surface area contributed by atoms with Crippen molar-refractivity contribution in [1.29, 1.82) is 0 Å². The van der Waals surface area contributed by atoms with Crippen LogP contribution in [0.25, 0.3) is 22.6 Å². The van der Waals surface area contributed by atoms with Gasteiger partial charge in [-0.2, -0.15) is 0 Å². The summed E-state index contributed by atoms with van der Waals surface area (Å²) in [6, 6.07) is 10.8. The first-order valence-corrected chi connectivity index (χ1v) is 10.2. The minimum Gasteiger partial charge on any atom is -0.318 e. The van der Waals surface area contributed by atoms with Crippen molar-refractivity contribution >= 4 is 11.2 Å². The Labute approximate surface area is 181 Å². The number of H-pyrrole nitrogens is 1. The summed E-state index contributed by atoms with van der Waals surface area (Å²) in [5.74, 6) is -3.97. The van der Waals surface area contributed by atoms with E-state index in [4.69, 9.17) is 0 Å². The van der Waals surface area contributed by atoms with E-state index < -0.39 is 28.7 Å². The number of imidazole rings is 1. The predicted molar refractivity (Wildman–Crippen MR) is 115 cm³/mol. The Bertz CT molecular complexity index is 1380. The molecule has 4 aromatic rings. The van der Waals surface area contributed by atoms with Gasteiger partial charge in [0.25, 0.3) is 5.56 Å². The van der Waals surface area contributed by atoms with Gasteiger partial charge in [-0.15, -0.1) is 0 Å². The number of fused-ring (bicyclic) bond motifs is 1. The summed E-state index contributed by atoms with van der Waals surface area (Å²) in [6.45, 7) is 4.44. The van der Waals surface area contributed by atoms with E-state index in [0.29, 0.717) is 13.0 Å². The van der Waals surface area contributed by atoms with Gasteiger partial charge in [0, 0.05) is 12.1 Å². The molecule has 1 N–H and O–H groups in total. The van der Waals surface area contributed by atoms with Gasteiger partial charge < -0.3 is 4.57 Å². The zero-order valence-corrected chi connectivity index (χ0v) is 17.5. The lowest BCUT2D eigenvalue weighted by Crippen LogP contribution is -2.31.